The summed E-state index contributed by atoms with van der Waals surface area (Å²) >= 11 is 1.43. The lowest BCUT2D eigenvalue weighted by molar-refractivity contribution is -0.126. The van der Waals surface area contributed by atoms with E-state index in [0.717, 1.165) is 16.0 Å². The number of nitrogens with zero attached hydrogens (tertiary/aromatic N) is 5. The first kappa shape index (κ1) is 27.6. The average Bonchev–Trinajstić information content (AvgIpc) is 3.67. The number of β-amino-alcohol motifs (C(OH)–C–C–N with tert-alkyl or cyclic N) is 1. The maximum absolute atomic E-state index is 13.2. The van der Waals surface area contributed by atoms with Crippen LogP contribution in [0.5, 0.6) is 0 Å². The van der Waals surface area contributed by atoms with Crippen molar-refractivity contribution >= 4 is 45.0 Å². The lowest BCUT2D eigenvalue weighted by atomic mass is 9.97. The molecule has 10 nitrogen and oxygen atoms in total. The number of anilines is 2. The van der Waals surface area contributed by atoms with E-state index in [9.17, 15) is 19.1 Å². The first-order chi connectivity index (χ1) is 19.3. The number of pyridine rings is 1. The molecule has 208 valence electrons. The molecule has 0 unspecified atom stereocenters. The Balaban J connectivity index is 1.22. The molecule has 0 bridgehead atoms. The minimum Gasteiger partial charge on any atom is -0.388 e. The quantitative estimate of drug-likeness (QED) is 0.237. The second-order valence-electron chi connectivity index (χ2n) is 9.82. The Hall–Kier alpha value is -4.00. The van der Waals surface area contributed by atoms with Gasteiger partial charge in [0.15, 0.2) is 10.9 Å². The van der Waals surface area contributed by atoms with Gasteiger partial charge in [-0.25, -0.2) is 19.3 Å². The predicted molar refractivity (Wildman–Crippen MR) is 152 cm³/mol. The van der Waals surface area contributed by atoms with Crippen molar-refractivity contribution in [1.29, 1.82) is 0 Å². The molecule has 0 saturated carbocycles. The molecule has 40 heavy (non-hydrogen) atoms. The van der Waals surface area contributed by atoms with Crippen LogP contribution in [-0.2, 0) is 16.1 Å². The van der Waals surface area contributed by atoms with E-state index in [1.54, 1.807) is 35.8 Å². The van der Waals surface area contributed by atoms with Gasteiger partial charge in [0.25, 0.3) is 0 Å². The Bertz CT molecular complexity index is 1540. The number of thiazole rings is 1. The van der Waals surface area contributed by atoms with Gasteiger partial charge in [0.2, 0.25) is 5.91 Å². The second-order valence-corrected chi connectivity index (χ2v) is 10.9. The maximum atomic E-state index is 13.2. The van der Waals surface area contributed by atoms with Crippen LogP contribution in [0.2, 0.25) is 0 Å². The van der Waals surface area contributed by atoms with Crippen molar-refractivity contribution in [3.63, 3.8) is 0 Å². The van der Waals surface area contributed by atoms with Crippen molar-refractivity contribution in [2.45, 2.75) is 38.0 Å². The van der Waals surface area contributed by atoms with Crippen LogP contribution in [0.3, 0.4) is 0 Å². The molecule has 1 fully saturated rings. The molecule has 3 N–H and O–H groups in total. The number of aromatic nitrogens is 4. The van der Waals surface area contributed by atoms with Gasteiger partial charge in [-0.2, -0.15) is 0 Å². The van der Waals surface area contributed by atoms with E-state index < -0.39 is 11.6 Å². The smallest absolute Gasteiger partial charge is 0.237 e. The number of carbonyl (C=O) groups excluding carboxylic acids is 2. The van der Waals surface area contributed by atoms with E-state index in [1.165, 1.54) is 29.5 Å². The molecule has 1 saturated heterocycles. The molecular weight excluding hydrogens is 533 g/mol. The molecule has 0 aliphatic carbocycles. The van der Waals surface area contributed by atoms with Crippen molar-refractivity contribution in [1.82, 2.24) is 29.7 Å². The standard InChI is InChI=1S/C28H30FN7O3S/c1-3-20(37)15-36-16-28(39,4-2)12-23(36)26(38)30-9-10-35-17-33-21-13-31-25(11-22(21)35)34-27-32-14-24(40-27)18-5-7-19(29)8-6-18/h3,5-8,11,13-14,17,23,39H,1,4,9-10,12,15-16H2,2H3,(H,30,38)(H,31,32,34)/t23-,28+/m1/s1. The summed E-state index contributed by atoms with van der Waals surface area (Å²) in [6.07, 6.45) is 7.09. The van der Waals surface area contributed by atoms with E-state index in [4.69, 9.17) is 0 Å². The van der Waals surface area contributed by atoms with Gasteiger partial charge in [0, 0.05) is 38.3 Å². The largest absolute Gasteiger partial charge is 0.388 e. The van der Waals surface area contributed by atoms with Gasteiger partial charge >= 0.3 is 0 Å². The summed E-state index contributed by atoms with van der Waals surface area (Å²) in [5, 5.41) is 17.6. The summed E-state index contributed by atoms with van der Waals surface area (Å²) < 4.78 is 15.2. The lowest BCUT2D eigenvalue weighted by Gasteiger charge is -2.22. The molecular formula is C28H30FN7O3S. The van der Waals surface area contributed by atoms with Crippen LogP contribution < -0.4 is 10.6 Å². The first-order valence-corrected chi connectivity index (χ1v) is 13.8. The van der Waals surface area contributed by atoms with Crippen LogP contribution in [0.15, 0.2) is 61.7 Å². The zero-order chi connectivity index (χ0) is 28.3. The van der Waals surface area contributed by atoms with Crippen LogP contribution in [0, 0.1) is 5.82 Å². The van der Waals surface area contributed by atoms with Crippen molar-refractivity contribution in [3.8, 4) is 10.4 Å². The van der Waals surface area contributed by atoms with Crippen molar-refractivity contribution < 1.29 is 19.1 Å². The summed E-state index contributed by atoms with van der Waals surface area (Å²) in [4.78, 5) is 40.8. The summed E-state index contributed by atoms with van der Waals surface area (Å²) in [5.41, 5.74) is 1.42. The summed E-state index contributed by atoms with van der Waals surface area (Å²) in [6, 6.07) is 7.53. The normalized spacial score (nSPS) is 19.1. The number of hydrogen-bond acceptors (Lipinski definition) is 9. The molecule has 2 atom stereocenters. The zero-order valence-electron chi connectivity index (χ0n) is 22.0. The van der Waals surface area contributed by atoms with Gasteiger partial charge in [-0.1, -0.05) is 37.0 Å². The minimum absolute atomic E-state index is 0.0450. The van der Waals surface area contributed by atoms with Gasteiger partial charge in [-0.15, -0.1) is 0 Å². The Morgan fingerprint density at radius 1 is 1.25 bits per heavy atom. The SMILES string of the molecule is C=CC(=O)CN1C[C@](O)(CC)C[C@@H]1C(=O)NCCn1cnc2cnc(Nc3ncc(-c4ccc(F)cc4)s3)cc21. The van der Waals surface area contributed by atoms with Crippen molar-refractivity contribution in [3.05, 3.63) is 67.5 Å². The average molecular weight is 564 g/mol. The number of aliphatic hydroxyl groups is 1. The van der Waals surface area contributed by atoms with Crippen molar-refractivity contribution in [2.24, 2.45) is 0 Å². The Labute approximate surface area is 234 Å². The molecule has 1 aliphatic heterocycles. The summed E-state index contributed by atoms with van der Waals surface area (Å²) in [7, 11) is 0. The highest BCUT2D eigenvalue weighted by Crippen LogP contribution is 2.31. The highest BCUT2D eigenvalue weighted by atomic mass is 32.1. The number of amides is 1. The van der Waals surface area contributed by atoms with Gasteiger partial charge in [0.05, 0.1) is 41.1 Å². The number of ketones is 1. The van der Waals surface area contributed by atoms with Crippen molar-refractivity contribution in [2.75, 3.05) is 25.0 Å². The summed E-state index contributed by atoms with van der Waals surface area (Å²) in [5.74, 6) is -0.115. The fraction of sp³-hybridized carbons (Fsp3) is 0.321. The van der Waals surface area contributed by atoms with Gasteiger partial charge < -0.3 is 20.3 Å². The number of halogens is 1. The monoisotopic (exact) mass is 563 g/mol. The third-order valence-corrected chi connectivity index (χ3v) is 8.05. The number of rotatable bonds is 11. The molecule has 4 aromatic rings. The van der Waals surface area contributed by atoms with Crippen LogP contribution in [0.1, 0.15) is 19.8 Å². The molecule has 0 spiro atoms. The topological polar surface area (TPSA) is 125 Å². The Morgan fingerprint density at radius 3 is 2.80 bits per heavy atom. The fourth-order valence-corrected chi connectivity index (χ4v) is 5.63. The number of imidazole rings is 1. The maximum Gasteiger partial charge on any atom is 0.237 e. The highest BCUT2D eigenvalue weighted by molar-refractivity contribution is 7.18. The van der Waals surface area contributed by atoms with Crippen LogP contribution in [0.25, 0.3) is 21.5 Å². The molecule has 1 amide bonds. The fourth-order valence-electron chi connectivity index (χ4n) is 4.80. The third kappa shape index (κ3) is 6.09. The Kier molecular flexibility index (Phi) is 8.01. The number of fused-ring (bicyclic) bond motifs is 1. The first-order valence-electron chi connectivity index (χ1n) is 13.0. The Morgan fingerprint density at radius 2 is 2.05 bits per heavy atom. The van der Waals surface area contributed by atoms with E-state index >= 15 is 0 Å². The molecule has 0 radical (unpaired) electrons. The number of carbonyl (C=O) groups is 2. The molecule has 1 aromatic carbocycles. The molecule has 1 aliphatic rings. The van der Waals surface area contributed by atoms with Gasteiger partial charge in [-0.05, 0) is 30.2 Å². The number of benzene rings is 1. The number of hydrogen-bond donors (Lipinski definition) is 3. The lowest BCUT2D eigenvalue weighted by Crippen LogP contribution is -2.45. The van der Waals surface area contributed by atoms with Crippen LogP contribution >= 0.6 is 11.3 Å². The number of likely N-dealkylation sites (tertiary alicyclic amines) is 1. The summed E-state index contributed by atoms with van der Waals surface area (Å²) in [6.45, 7) is 6.49. The second kappa shape index (κ2) is 11.6. The van der Waals surface area contributed by atoms with Gasteiger partial charge in [-0.3, -0.25) is 14.5 Å². The molecule has 12 heteroatoms. The van der Waals surface area contributed by atoms with E-state index in [1.807, 2.05) is 17.6 Å². The molecule has 5 rings (SSSR count). The number of nitrogens with one attached hydrogen (secondary N) is 2. The van der Waals surface area contributed by atoms with E-state index in [-0.39, 0.29) is 37.0 Å². The van der Waals surface area contributed by atoms with E-state index in [0.29, 0.717) is 36.0 Å². The van der Waals surface area contributed by atoms with E-state index in [2.05, 4.69) is 32.2 Å². The van der Waals surface area contributed by atoms with Gasteiger partial charge in [0.1, 0.15) is 17.2 Å². The third-order valence-electron chi connectivity index (χ3n) is 7.09. The van der Waals surface area contributed by atoms with Crippen LogP contribution in [-0.4, -0.2) is 72.5 Å². The predicted octanol–water partition coefficient (Wildman–Crippen LogP) is 3.52. The molecule has 3 aromatic heterocycles. The minimum atomic E-state index is -1.00. The molecule has 4 heterocycles. The van der Waals surface area contributed by atoms with Crippen LogP contribution in [0.4, 0.5) is 15.3 Å². The zero-order valence-corrected chi connectivity index (χ0v) is 22.8. The highest BCUT2D eigenvalue weighted by Gasteiger charge is 2.44.